The Morgan fingerprint density at radius 3 is 2.84 bits per heavy atom. The van der Waals surface area contributed by atoms with Crippen LogP contribution in [0.5, 0.6) is 0 Å². The van der Waals surface area contributed by atoms with Crippen molar-refractivity contribution >= 4 is 29.0 Å². The highest BCUT2D eigenvalue weighted by Crippen LogP contribution is 2.39. The highest BCUT2D eigenvalue weighted by molar-refractivity contribution is 6.31. The summed E-state index contributed by atoms with van der Waals surface area (Å²) in [7, 11) is 0. The van der Waals surface area contributed by atoms with Crippen LogP contribution in [0.1, 0.15) is 35.3 Å². The first-order valence-electron chi connectivity index (χ1n) is 8.57. The van der Waals surface area contributed by atoms with Gasteiger partial charge in [0.25, 0.3) is 0 Å². The van der Waals surface area contributed by atoms with Crippen LogP contribution < -0.4 is 5.32 Å². The number of carbonyl (C=O) groups is 1. The number of piperazine rings is 1. The molecule has 1 atom stereocenters. The summed E-state index contributed by atoms with van der Waals surface area (Å²) in [6, 6.07) is 9.86. The molecular weight excluding hydrogens is 334 g/mol. The summed E-state index contributed by atoms with van der Waals surface area (Å²) in [5, 5.41) is 4.08. The van der Waals surface area contributed by atoms with E-state index >= 15 is 0 Å². The molecule has 1 saturated heterocycles. The van der Waals surface area contributed by atoms with E-state index in [0.717, 1.165) is 48.6 Å². The average Bonchev–Trinajstić information content (AvgIpc) is 2.76. The van der Waals surface area contributed by atoms with E-state index < -0.39 is 0 Å². The molecule has 2 heterocycles. The minimum atomic E-state index is 0.0265. The van der Waals surface area contributed by atoms with Gasteiger partial charge < -0.3 is 5.32 Å². The fraction of sp³-hybridized carbons (Fsp3) is 0.300. The lowest BCUT2D eigenvalue weighted by molar-refractivity contribution is -0.111. The molecule has 2 aliphatic rings. The smallest absolute Gasteiger partial charge is 0.160 e. The molecule has 0 amide bonds. The Balaban J connectivity index is 1.97. The van der Waals surface area contributed by atoms with E-state index in [0.29, 0.717) is 10.6 Å². The second-order valence-electron chi connectivity index (χ2n) is 6.51. The number of rotatable bonds is 2. The van der Waals surface area contributed by atoms with Gasteiger partial charge in [-0.3, -0.25) is 14.7 Å². The molecule has 5 heteroatoms. The highest BCUT2D eigenvalue weighted by Gasteiger charge is 2.32. The molecule has 1 aliphatic carbocycles. The molecule has 25 heavy (non-hydrogen) atoms. The molecule has 4 rings (SSSR count). The molecule has 0 bridgehead atoms. The van der Waals surface area contributed by atoms with Crippen molar-refractivity contribution in [1.82, 2.24) is 15.2 Å². The van der Waals surface area contributed by atoms with Crippen LogP contribution in [-0.4, -0.2) is 41.8 Å². The van der Waals surface area contributed by atoms with Gasteiger partial charge in [-0.15, -0.1) is 0 Å². The summed E-state index contributed by atoms with van der Waals surface area (Å²) in [6.07, 6.45) is 3.78. The van der Waals surface area contributed by atoms with Gasteiger partial charge in [0.1, 0.15) is 0 Å². The molecule has 2 aromatic rings. The molecule has 1 unspecified atom stereocenters. The van der Waals surface area contributed by atoms with Crippen LogP contribution in [0.4, 0.5) is 0 Å². The number of nitrogens with zero attached hydrogens (tertiary/aromatic N) is 2. The molecule has 128 valence electrons. The molecule has 0 radical (unpaired) electrons. The first-order valence-corrected chi connectivity index (χ1v) is 8.95. The summed E-state index contributed by atoms with van der Waals surface area (Å²) in [4.78, 5) is 19.5. The predicted octanol–water partition coefficient (Wildman–Crippen LogP) is 3.17. The van der Waals surface area contributed by atoms with E-state index in [1.54, 1.807) is 6.92 Å². The molecule has 1 aromatic heterocycles. The number of hydrogen-bond acceptors (Lipinski definition) is 4. The van der Waals surface area contributed by atoms with Crippen molar-refractivity contribution in [2.45, 2.75) is 13.0 Å². The number of ketones is 1. The Hall–Kier alpha value is -2.01. The van der Waals surface area contributed by atoms with Gasteiger partial charge in [0.15, 0.2) is 5.78 Å². The van der Waals surface area contributed by atoms with E-state index in [4.69, 9.17) is 16.6 Å². The van der Waals surface area contributed by atoms with Gasteiger partial charge in [-0.2, -0.15) is 0 Å². The van der Waals surface area contributed by atoms with Crippen LogP contribution in [-0.2, 0) is 4.79 Å². The number of allylic oxidation sites excluding steroid dienone is 1. The van der Waals surface area contributed by atoms with Crippen molar-refractivity contribution in [3.05, 3.63) is 63.9 Å². The van der Waals surface area contributed by atoms with Gasteiger partial charge in [0.2, 0.25) is 0 Å². The predicted molar refractivity (Wildman–Crippen MR) is 101 cm³/mol. The van der Waals surface area contributed by atoms with E-state index in [2.05, 4.69) is 16.3 Å². The van der Waals surface area contributed by atoms with Crippen LogP contribution in [0, 0.1) is 0 Å². The quantitative estimate of drug-likeness (QED) is 0.900. The Bertz CT molecular complexity index is 856. The van der Waals surface area contributed by atoms with Crippen molar-refractivity contribution in [2.24, 2.45) is 0 Å². The molecule has 1 aliphatic heterocycles. The molecule has 4 nitrogen and oxygen atoms in total. The number of carbonyl (C=O) groups excluding carboxylic acids is 1. The number of benzene rings is 1. The van der Waals surface area contributed by atoms with Crippen molar-refractivity contribution in [2.75, 3.05) is 26.2 Å². The largest absolute Gasteiger partial charge is 0.314 e. The van der Waals surface area contributed by atoms with E-state index in [9.17, 15) is 4.79 Å². The van der Waals surface area contributed by atoms with Crippen LogP contribution in [0.3, 0.4) is 0 Å². The van der Waals surface area contributed by atoms with Gasteiger partial charge >= 0.3 is 0 Å². The summed E-state index contributed by atoms with van der Waals surface area (Å²) in [6.45, 7) is 5.40. The third-order valence-electron chi connectivity index (χ3n) is 4.93. The number of halogens is 1. The monoisotopic (exact) mass is 353 g/mol. The standard InChI is InChI=1S/C20H20ClN3O/c1-13(25)18-12-14-11-15(21)4-5-16(14)20(24-9-7-22-8-10-24)19-17(18)3-2-6-23-19/h2-6,11-12,20,22H,7-10H2,1H3. The zero-order chi connectivity index (χ0) is 17.4. The number of hydrogen-bond donors (Lipinski definition) is 1. The zero-order valence-electron chi connectivity index (χ0n) is 14.1. The first kappa shape index (κ1) is 16.5. The molecule has 0 spiro atoms. The van der Waals surface area contributed by atoms with E-state index in [-0.39, 0.29) is 11.8 Å². The number of pyridine rings is 1. The number of nitrogens with one attached hydrogen (secondary N) is 1. The van der Waals surface area contributed by atoms with Crippen LogP contribution >= 0.6 is 11.6 Å². The molecular formula is C20H20ClN3O. The van der Waals surface area contributed by atoms with Crippen molar-refractivity contribution < 1.29 is 4.79 Å². The summed E-state index contributed by atoms with van der Waals surface area (Å²) in [5.41, 5.74) is 4.73. The zero-order valence-corrected chi connectivity index (χ0v) is 14.9. The Morgan fingerprint density at radius 1 is 1.28 bits per heavy atom. The normalized spacial score (nSPS) is 20.2. The lowest BCUT2D eigenvalue weighted by atomic mass is 9.95. The maximum Gasteiger partial charge on any atom is 0.160 e. The van der Waals surface area contributed by atoms with Gasteiger partial charge in [0, 0.05) is 48.5 Å². The Kier molecular flexibility index (Phi) is 4.42. The average molecular weight is 354 g/mol. The number of Topliss-reactive ketones (excluding diaryl/α,β-unsaturated/α-hetero) is 1. The molecule has 1 fully saturated rings. The van der Waals surface area contributed by atoms with Gasteiger partial charge in [0.05, 0.1) is 11.7 Å². The fourth-order valence-corrected chi connectivity index (χ4v) is 3.95. The summed E-state index contributed by atoms with van der Waals surface area (Å²) < 4.78 is 0. The minimum Gasteiger partial charge on any atom is -0.314 e. The molecule has 1 aromatic carbocycles. The Morgan fingerprint density at radius 2 is 2.08 bits per heavy atom. The summed E-state index contributed by atoms with van der Waals surface area (Å²) in [5.74, 6) is 0.0427. The van der Waals surface area contributed by atoms with Crippen molar-refractivity contribution in [3.63, 3.8) is 0 Å². The highest BCUT2D eigenvalue weighted by atomic mass is 35.5. The lowest BCUT2D eigenvalue weighted by Crippen LogP contribution is -2.45. The van der Waals surface area contributed by atoms with Crippen LogP contribution in [0.15, 0.2) is 36.5 Å². The van der Waals surface area contributed by atoms with Crippen molar-refractivity contribution in [1.29, 1.82) is 0 Å². The maximum atomic E-state index is 12.3. The summed E-state index contributed by atoms with van der Waals surface area (Å²) >= 11 is 6.25. The first-order chi connectivity index (χ1) is 12.1. The van der Waals surface area contributed by atoms with Crippen LogP contribution in [0.2, 0.25) is 5.02 Å². The third-order valence-corrected chi connectivity index (χ3v) is 5.16. The SMILES string of the molecule is CC(=O)C1=Cc2cc(Cl)ccc2C(N2CCNCC2)c2ncccc21. The molecule has 1 N–H and O–H groups in total. The fourth-order valence-electron chi connectivity index (χ4n) is 3.76. The lowest BCUT2D eigenvalue weighted by Gasteiger charge is -2.35. The van der Waals surface area contributed by atoms with Gasteiger partial charge in [-0.1, -0.05) is 23.7 Å². The molecule has 0 saturated carbocycles. The Labute approximate surface area is 152 Å². The second kappa shape index (κ2) is 6.71. The van der Waals surface area contributed by atoms with Crippen molar-refractivity contribution in [3.8, 4) is 0 Å². The van der Waals surface area contributed by atoms with Gasteiger partial charge in [-0.05, 0) is 42.3 Å². The van der Waals surface area contributed by atoms with Gasteiger partial charge in [-0.25, -0.2) is 0 Å². The number of fused-ring (bicyclic) bond motifs is 2. The van der Waals surface area contributed by atoms with Crippen LogP contribution in [0.25, 0.3) is 11.6 Å². The topological polar surface area (TPSA) is 45.2 Å². The minimum absolute atomic E-state index is 0.0265. The second-order valence-corrected chi connectivity index (χ2v) is 6.95. The number of aromatic nitrogens is 1. The van der Waals surface area contributed by atoms with E-state index in [1.165, 1.54) is 0 Å². The third kappa shape index (κ3) is 3.01. The maximum absolute atomic E-state index is 12.3. The van der Waals surface area contributed by atoms with E-state index in [1.807, 2.05) is 36.5 Å².